The van der Waals surface area contributed by atoms with Crippen molar-refractivity contribution in [1.82, 2.24) is 4.31 Å². The third kappa shape index (κ3) is 3.13. The van der Waals surface area contributed by atoms with Gasteiger partial charge in [-0.05, 0) is 37.5 Å². The minimum absolute atomic E-state index is 0.0586. The van der Waals surface area contributed by atoms with Crippen LogP contribution < -0.4 is 0 Å². The van der Waals surface area contributed by atoms with E-state index in [-0.39, 0.29) is 17.4 Å². The molecule has 1 aliphatic rings. The first-order valence-corrected chi connectivity index (χ1v) is 7.83. The Balaban J connectivity index is 2.14. The average molecular weight is 283 g/mol. The molecule has 1 unspecified atom stereocenters. The summed E-state index contributed by atoms with van der Waals surface area (Å²) in [7, 11) is -3.31. The molecule has 2 rings (SSSR count). The number of hydrogen-bond donors (Lipinski definition) is 1. The second-order valence-electron chi connectivity index (χ2n) is 4.86. The van der Waals surface area contributed by atoms with E-state index < -0.39 is 16.0 Å². The summed E-state index contributed by atoms with van der Waals surface area (Å²) < 4.78 is 26.0. The zero-order valence-corrected chi connectivity index (χ0v) is 11.6. The fraction of sp³-hybridized carbons (Fsp3) is 0.462. The fourth-order valence-corrected chi connectivity index (χ4v) is 4.20. The van der Waals surface area contributed by atoms with Crippen LogP contribution in [-0.4, -0.2) is 36.4 Å². The van der Waals surface area contributed by atoms with Crippen molar-refractivity contribution in [3.05, 3.63) is 35.4 Å². The van der Waals surface area contributed by atoms with Gasteiger partial charge in [-0.15, -0.1) is 0 Å². The van der Waals surface area contributed by atoms with Crippen molar-refractivity contribution in [2.45, 2.75) is 31.6 Å². The topological polar surface area (TPSA) is 74.7 Å². The summed E-state index contributed by atoms with van der Waals surface area (Å²) in [6, 6.07) is 6.04. The lowest BCUT2D eigenvalue weighted by molar-refractivity contribution is 0.0697. The molecule has 1 aromatic carbocycles. The fourth-order valence-electron chi connectivity index (χ4n) is 2.36. The molecule has 1 atom stereocenters. The Labute approximate surface area is 112 Å². The van der Waals surface area contributed by atoms with E-state index in [9.17, 15) is 13.2 Å². The maximum atomic E-state index is 12.2. The number of carboxylic acid groups (broad SMARTS) is 1. The van der Waals surface area contributed by atoms with E-state index in [1.54, 1.807) is 12.1 Å². The first kappa shape index (κ1) is 14.0. The lowest BCUT2D eigenvalue weighted by Crippen LogP contribution is -2.34. The predicted molar refractivity (Wildman–Crippen MR) is 71.4 cm³/mol. The van der Waals surface area contributed by atoms with Gasteiger partial charge in [0.1, 0.15) is 0 Å². The van der Waals surface area contributed by atoms with Crippen LogP contribution in [0, 0.1) is 0 Å². The summed E-state index contributed by atoms with van der Waals surface area (Å²) >= 11 is 0. The highest BCUT2D eigenvalue weighted by molar-refractivity contribution is 7.88. The Morgan fingerprint density at radius 1 is 1.37 bits per heavy atom. The Bertz CT molecular complexity index is 565. The molecular formula is C13H17NO4S. The Morgan fingerprint density at radius 3 is 2.47 bits per heavy atom. The van der Waals surface area contributed by atoms with Crippen LogP contribution in [0.5, 0.6) is 0 Å². The number of aromatic carboxylic acids is 1. The summed E-state index contributed by atoms with van der Waals surface area (Å²) in [6.07, 6.45) is 1.80. The molecule has 19 heavy (non-hydrogen) atoms. The molecule has 1 aliphatic heterocycles. The van der Waals surface area contributed by atoms with Crippen molar-refractivity contribution in [3.63, 3.8) is 0 Å². The third-order valence-electron chi connectivity index (χ3n) is 3.40. The third-order valence-corrected chi connectivity index (χ3v) is 5.35. The highest BCUT2D eigenvalue weighted by Gasteiger charge is 2.31. The van der Waals surface area contributed by atoms with E-state index in [4.69, 9.17) is 5.11 Å². The molecule has 0 amide bonds. The van der Waals surface area contributed by atoms with Gasteiger partial charge < -0.3 is 5.11 Å². The molecule has 5 nitrogen and oxygen atoms in total. The van der Waals surface area contributed by atoms with Gasteiger partial charge in [0, 0.05) is 12.6 Å². The number of hydrogen-bond acceptors (Lipinski definition) is 3. The molecule has 6 heteroatoms. The standard InChI is InChI=1S/C13H17NO4S/c1-10-3-2-8-14(10)19(17,18)9-11-4-6-12(7-5-11)13(15)16/h4-7,10H,2-3,8-9H2,1H3,(H,15,16). The van der Waals surface area contributed by atoms with E-state index in [1.165, 1.54) is 16.4 Å². The van der Waals surface area contributed by atoms with Crippen LogP contribution in [0.15, 0.2) is 24.3 Å². The van der Waals surface area contributed by atoms with Gasteiger partial charge in [0.25, 0.3) is 0 Å². The molecule has 0 saturated carbocycles. The van der Waals surface area contributed by atoms with Crippen LogP contribution in [-0.2, 0) is 15.8 Å². The zero-order chi connectivity index (χ0) is 14.0. The summed E-state index contributed by atoms with van der Waals surface area (Å²) in [5.74, 6) is -1.08. The van der Waals surface area contributed by atoms with Crippen LogP contribution in [0.4, 0.5) is 0 Å². The van der Waals surface area contributed by atoms with Crippen LogP contribution in [0.3, 0.4) is 0 Å². The molecule has 1 aromatic rings. The molecule has 1 fully saturated rings. The Morgan fingerprint density at radius 2 is 2.00 bits per heavy atom. The van der Waals surface area contributed by atoms with Crippen molar-refractivity contribution in [2.75, 3.05) is 6.54 Å². The molecule has 0 aromatic heterocycles. The largest absolute Gasteiger partial charge is 0.478 e. The second kappa shape index (κ2) is 5.30. The van der Waals surface area contributed by atoms with Gasteiger partial charge >= 0.3 is 5.97 Å². The van der Waals surface area contributed by atoms with Crippen molar-refractivity contribution < 1.29 is 18.3 Å². The van der Waals surface area contributed by atoms with Crippen molar-refractivity contribution in [1.29, 1.82) is 0 Å². The highest BCUT2D eigenvalue weighted by Crippen LogP contribution is 2.23. The van der Waals surface area contributed by atoms with Gasteiger partial charge in [0.15, 0.2) is 0 Å². The van der Waals surface area contributed by atoms with E-state index in [0.717, 1.165) is 12.8 Å². The van der Waals surface area contributed by atoms with E-state index in [0.29, 0.717) is 12.1 Å². The lowest BCUT2D eigenvalue weighted by atomic mass is 10.1. The summed E-state index contributed by atoms with van der Waals surface area (Å²) in [5.41, 5.74) is 0.778. The van der Waals surface area contributed by atoms with E-state index in [1.807, 2.05) is 6.92 Å². The van der Waals surface area contributed by atoms with Gasteiger partial charge in [0.05, 0.1) is 11.3 Å². The maximum absolute atomic E-state index is 12.2. The second-order valence-corrected chi connectivity index (χ2v) is 6.78. The molecule has 104 valence electrons. The number of carboxylic acids is 1. The van der Waals surface area contributed by atoms with E-state index in [2.05, 4.69) is 0 Å². The molecule has 0 radical (unpaired) electrons. The summed E-state index contributed by atoms with van der Waals surface area (Å²) in [6.45, 7) is 2.49. The number of sulfonamides is 1. The van der Waals surface area contributed by atoms with Crippen molar-refractivity contribution in [2.24, 2.45) is 0 Å². The molecular weight excluding hydrogens is 266 g/mol. The van der Waals surface area contributed by atoms with Crippen LogP contribution in [0.2, 0.25) is 0 Å². The number of benzene rings is 1. The molecule has 1 heterocycles. The zero-order valence-electron chi connectivity index (χ0n) is 10.7. The van der Waals surface area contributed by atoms with Gasteiger partial charge in [-0.3, -0.25) is 0 Å². The number of nitrogens with zero attached hydrogens (tertiary/aromatic N) is 1. The SMILES string of the molecule is CC1CCCN1S(=O)(=O)Cc1ccc(C(=O)O)cc1. The normalized spacial score (nSPS) is 20.6. The van der Waals surface area contributed by atoms with Crippen molar-refractivity contribution in [3.8, 4) is 0 Å². The first-order chi connectivity index (χ1) is 8.90. The van der Waals surface area contributed by atoms with Gasteiger partial charge in [-0.25, -0.2) is 13.2 Å². The van der Waals surface area contributed by atoms with Crippen molar-refractivity contribution >= 4 is 16.0 Å². The average Bonchev–Trinajstić information content (AvgIpc) is 2.76. The Kier molecular flexibility index (Phi) is 3.91. The summed E-state index contributed by atoms with van der Waals surface area (Å²) in [5, 5.41) is 8.79. The van der Waals surface area contributed by atoms with Gasteiger partial charge in [-0.1, -0.05) is 12.1 Å². The lowest BCUT2D eigenvalue weighted by Gasteiger charge is -2.20. The van der Waals surface area contributed by atoms with Gasteiger partial charge in [0.2, 0.25) is 10.0 Å². The quantitative estimate of drug-likeness (QED) is 0.912. The summed E-state index contributed by atoms with van der Waals surface area (Å²) in [4.78, 5) is 10.7. The number of carbonyl (C=O) groups is 1. The molecule has 1 saturated heterocycles. The van der Waals surface area contributed by atoms with Crippen LogP contribution in [0.1, 0.15) is 35.7 Å². The van der Waals surface area contributed by atoms with Crippen LogP contribution in [0.25, 0.3) is 0 Å². The molecule has 0 bridgehead atoms. The minimum atomic E-state index is -3.31. The monoisotopic (exact) mass is 283 g/mol. The Hall–Kier alpha value is -1.40. The molecule has 0 aliphatic carbocycles. The number of rotatable bonds is 4. The molecule has 0 spiro atoms. The van der Waals surface area contributed by atoms with E-state index >= 15 is 0 Å². The highest BCUT2D eigenvalue weighted by atomic mass is 32.2. The molecule has 1 N–H and O–H groups in total. The predicted octanol–water partition coefficient (Wildman–Crippen LogP) is 1.70. The smallest absolute Gasteiger partial charge is 0.335 e. The van der Waals surface area contributed by atoms with Gasteiger partial charge in [-0.2, -0.15) is 4.31 Å². The maximum Gasteiger partial charge on any atom is 0.335 e. The van der Waals surface area contributed by atoms with Crippen LogP contribution >= 0.6 is 0 Å². The minimum Gasteiger partial charge on any atom is -0.478 e. The first-order valence-electron chi connectivity index (χ1n) is 6.22.